The second kappa shape index (κ2) is 7.54. The molecular weight excluding hydrogens is 394 g/mol. The largest absolute Gasteiger partial charge is 0.363 e. The monoisotopic (exact) mass is 417 g/mol. The van der Waals surface area contributed by atoms with Gasteiger partial charge in [-0.25, -0.2) is 0 Å². The van der Waals surface area contributed by atoms with Gasteiger partial charge in [0.1, 0.15) is 5.69 Å². The number of benzene rings is 2. The fourth-order valence-corrected chi connectivity index (χ4v) is 4.38. The van der Waals surface area contributed by atoms with Crippen LogP contribution in [0.25, 0.3) is 33.7 Å². The summed E-state index contributed by atoms with van der Waals surface area (Å²) in [4.78, 5) is 18.1. The predicted molar refractivity (Wildman–Crippen MR) is 119 cm³/mol. The van der Waals surface area contributed by atoms with Crippen LogP contribution in [-0.2, 0) is 7.05 Å². The Morgan fingerprint density at radius 1 is 1.13 bits per heavy atom. The highest BCUT2D eigenvalue weighted by atomic mass is 16.6. The number of rotatable bonds is 4. The molecule has 0 unspecified atom stereocenters. The number of anilines is 1. The van der Waals surface area contributed by atoms with Crippen molar-refractivity contribution in [1.29, 1.82) is 0 Å². The molecule has 31 heavy (non-hydrogen) atoms. The number of piperidine rings is 1. The molecule has 3 heterocycles. The Hall–Kier alpha value is -3.68. The number of aromatic nitrogens is 3. The van der Waals surface area contributed by atoms with Crippen LogP contribution in [0.5, 0.6) is 0 Å². The Morgan fingerprint density at radius 2 is 1.97 bits per heavy atom. The molecule has 5 rings (SSSR count). The van der Waals surface area contributed by atoms with Gasteiger partial charge in [-0.1, -0.05) is 5.16 Å². The lowest BCUT2D eigenvalue weighted by atomic mass is 10.0. The molecule has 2 aromatic heterocycles. The Balaban J connectivity index is 1.49. The summed E-state index contributed by atoms with van der Waals surface area (Å²) >= 11 is 0. The zero-order valence-electron chi connectivity index (χ0n) is 17.5. The minimum Gasteiger partial charge on any atom is -0.363 e. The zero-order valence-corrected chi connectivity index (χ0v) is 17.5. The van der Waals surface area contributed by atoms with Gasteiger partial charge < -0.3 is 14.0 Å². The average Bonchev–Trinajstić information content (AvgIpc) is 3.41. The molecule has 1 atom stereocenters. The topological polar surface area (TPSA) is 90.2 Å². The van der Waals surface area contributed by atoms with E-state index < -0.39 is 0 Å². The van der Waals surface area contributed by atoms with Crippen molar-refractivity contribution in [3.63, 3.8) is 0 Å². The number of aryl methyl sites for hydroxylation is 1. The van der Waals surface area contributed by atoms with E-state index in [2.05, 4.69) is 22.0 Å². The first-order valence-corrected chi connectivity index (χ1v) is 10.5. The third-order valence-corrected chi connectivity index (χ3v) is 6.10. The lowest BCUT2D eigenvalue weighted by Gasteiger charge is -2.35. The summed E-state index contributed by atoms with van der Waals surface area (Å²) in [6, 6.07) is 13.4. The lowest BCUT2D eigenvalue weighted by molar-refractivity contribution is -0.384. The van der Waals surface area contributed by atoms with E-state index in [-0.39, 0.29) is 22.5 Å². The van der Waals surface area contributed by atoms with Gasteiger partial charge in [0.2, 0.25) is 5.82 Å². The first-order valence-electron chi connectivity index (χ1n) is 10.5. The third-order valence-electron chi connectivity index (χ3n) is 6.10. The van der Waals surface area contributed by atoms with E-state index in [1.54, 1.807) is 6.07 Å². The van der Waals surface area contributed by atoms with Crippen LogP contribution in [0.4, 0.5) is 11.4 Å². The van der Waals surface area contributed by atoms with E-state index in [1.807, 2.05) is 48.1 Å². The van der Waals surface area contributed by atoms with Crippen molar-refractivity contribution in [2.24, 2.45) is 7.05 Å². The summed E-state index contributed by atoms with van der Waals surface area (Å²) in [5, 5.41) is 17.0. The summed E-state index contributed by atoms with van der Waals surface area (Å²) < 4.78 is 7.51. The maximum Gasteiger partial charge on any atom is 0.293 e. The Kier molecular flexibility index (Phi) is 4.69. The molecule has 0 N–H and O–H groups in total. The lowest BCUT2D eigenvalue weighted by Crippen LogP contribution is -2.37. The van der Waals surface area contributed by atoms with Gasteiger partial charge in [-0.15, -0.1) is 0 Å². The second-order valence-corrected chi connectivity index (χ2v) is 8.12. The van der Waals surface area contributed by atoms with Crippen LogP contribution in [0, 0.1) is 10.1 Å². The van der Waals surface area contributed by atoms with Crippen LogP contribution in [0.2, 0.25) is 0 Å². The molecule has 0 aliphatic carbocycles. The molecule has 1 saturated heterocycles. The van der Waals surface area contributed by atoms with E-state index in [1.165, 1.54) is 6.07 Å². The van der Waals surface area contributed by atoms with Crippen LogP contribution >= 0.6 is 0 Å². The average molecular weight is 417 g/mol. The number of nitro groups is 1. The highest BCUT2D eigenvalue weighted by Gasteiger charge is 2.27. The van der Waals surface area contributed by atoms with Crippen LogP contribution in [0.3, 0.4) is 0 Å². The molecule has 2 aromatic carbocycles. The highest BCUT2D eigenvalue weighted by molar-refractivity contribution is 5.84. The van der Waals surface area contributed by atoms with Crippen LogP contribution in [0.15, 0.2) is 53.2 Å². The van der Waals surface area contributed by atoms with E-state index in [0.29, 0.717) is 17.1 Å². The maximum absolute atomic E-state index is 11.8. The number of nitrogens with zero attached hydrogens (tertiary/aromatic N) is 5. The summed E-state index contributed by atoms with van der Waals surface area (Å²) in [5.41, 5.74) is 3.21. The molecule has 8 heteroatoms. The van der Waals surface area contributed by atoms with Crippen LogP contribution < -0.4 is 4.90 Å². The van der Waals surface area contributed by atoms with Gasteiger partial charge in [0.25, 0.3) is 11.6 Å². The van der Waals surface area contributed by atoms with Crippen molar-refractivity contribution in [3.8, 4) is 22.8 Å². The summed E-state index contributed by atoms with van der Waals surface area (Å²) in [7, 11) is 2.00. The molecule has 1 aliphatic rings. The van der Waals surface area contributed by atoms with E-state index >= 15 is 0 Å². The van der Waals surface area contributed by atoms with Crippen molar-refractivity contribution in [2.75, 3.05) is 11.4 Å². The first-order chi connectivity index (χ1) is 15.0. The van der Waals surface area contributed by atoms with Gasteiger partial charge in [0, 0.05) is 53.9 Å². The second-order valence-electron chi connectivity index (χ2n) is 8.12. The molecule has 0 spiro atoms. The zero-order chi connectivity index (χ0) is 21.5. The molecule has 158 valence electrons. The molecule has 0 bridgehead atoms. The molecule has 1 aliphatic heterocycles. The third kappa shape index (κ3) is 3.43. The normalized spacial score (nSPS) is 16.7. The molecule has 0 saturated carbocycles. The molecule has 0 amide bonds. The number of nitro benzene ring substituents is 1. The summed E-state index contributed by atoms with van der Waals surface area (Å²) in [6.07, 6.45) is 5.24. The predicted octanol–water partition coefficient (Wildman–Crippen LogP) is 5.18. The standard InChI is InChI=1S/C23H23N5O3/c1-15-5-3-4-11-27(15)20-9-7-18(14-21(20)28(29)30)23-24-22(25-31-23)17-6-8-19-16(13-17)10-12-26(19)2/h6-10,12-15H,3-5,11H2,1-2H3/t15-/m0/s1. The van der Waals surface area contributed by atoms with Gasteiger partial charge in [0.05, 0.1) is 4.92 Å². The van der Waals surface area contributed by atoms with Crippen molar-refractivity contribution in [1.82, 2.24) is 14.7 Å². The Morgan fingerprint density at radius 3 is 2.77 bits per heavy atom. The van der Waals surface area contributed by atoms with Gasteiger partial charge in [-0.2, -0.15) is 4.98 Å². The summed E-state index contributed by atoms with van der Waals surface area (Å²) in [5.74, 6) is 0.724. The van der Waals surface area contributed by atoms with Gasteiger partial charge in [-0.3, -0.25) is 10.1 Å². The van der Waals surface area contributed by atoms with E-state index in [0.717, 1.165) is 42.3 Å². The first kappa shape index (κ1) is 19.3. The van der Waals surface area contributed by atoms with Crippen LogP contribution in [-0.4, -0.2) is 32.2 Å². The van der Waals surface area contributed by atoms with Crippen molar-refractivity contribution >= 4 is 22.3 Å². The maximum atomic E-state index is 11.8. The van der Waals surface area contributed by atoms with Gasteiger partial charge in [-0.05, 0) is 62.6 Å². The van der Waals surface area contributed by atoms with E-state index in [9.17, 15) is 10.1 Å². The number of hydrogen-bond acceptors (Lipinski definition) is 6. The molecule has 1 fully saturated rings. The minimum absolute atomic E-state index is 0.0664. The van der Waals surface area contributed by atoms with E-state index in [4.69, 9.17) is 4.52 Å². The quantitative estimate of drug-likeness (QED) is 0.336. The van der Waals surface area contributed by atoms with Crippen LogP contribution in [0.1, 0.15) is 26.2 Å². The van der Waals surface area contributed by atoms with Crippen molar-refractivity contribution < 1.29 is 9.45 Å². The van der Waals surface area contributed by atoms with Gasteiger partial charge in [0.15, 0.2) is 0 Å². The highest BCUT2D eigenvalue weighted by Crippen LogP contribution is 2.36. The Bertz CT molecular complexity index is 1280. The molecule has 8 nitrogen and oxygen atoms in total. The minimum atomic E-state index is -0.333. The van der Waals surface area contributed by atoms with Crippen molar-refractivity contribution in [2.45, 2.75) is 32.2 Å². The SMILES string of the molecule is C[C@H]1CCCCN1c1ccc(-c2nc(-c3ccc4c(ccn4C)c3)no2)cc1[N+](=O)[O-]. The molecular formula is C23H23N5O3. The fraction of sp³-hybridized carbons (Fsp3) is 0.304. The smallest absolute Gasteiger partial charge is 0.293 e. The molecule has 4 aromatic rings. The summed E-state index contributed by atoms with van der Waals surface area (Å²) in [6.45, 7) is 2.94. The van der Waals surface area contributed by atoms with Gasteiger partial charge >= 0.3 is 0 Å². The van der Waals surface area contributed by atoms with Crippen molar-refractivity contribution in [3.05, 3.63) is 58.8 Å². The Labute approximate surface area is 179 Å². The molecule has 0 radical (unpaired) electrons. The number of fused-ring (bicyclic) bond motifs is 1. The number of hydrogen-bond donors (Lipinski definition) is 0. The fourth-order valence-electron chi connectivity index (χ4n) is 4.38.